The van der Waals surface area contributed by atoms with Crippen molar-refractivity contribution in [3.05, 3.63) is 53.6 Å². The van der Waals surface area contributed by atoms with Crippen LogP contribution >= 0.6 is 0 Å². The molecule has 10 heteroatoms. The summed E-state index contributed by atoms with van der Waals surface area (Å²) in [6.07, 6.45) is 4.19. The lowest BCUT2D eigenvalue weighted by atomic mass is 10.0. The van der Waals surface area contributed by atoms with Crippen LogP contribution in [0.3, 0.4) is 0 Å². The molecule has 0 unspecified atom stereocenters. The van der Waals surface area contributed by atoms with Crippen LogP contribution in [0, 0.1) is 0 Å². The number of nitrogens with one attached hydrogen (secondary N) is 2. The number of carboxylic acid groups (broad SMARTS) is 2. The van der Waals surface area contributed by atoms with Gasteiger partial charge in [0.25, 0.3) is 0 Å². The smallest absolute Gasteiger partial charge is 0.321 e. The molecule has 0 spiro atoms. The average Bonchev–Trinajstić information content (AvgIpc) is 3.24. The molecule has 178 valence electrons. The molecule has 2 heterocycles. The number of hydrogen-bond acceptors (Lipinski definition) is 7. The Morgan fingerprint density at radius 3 is 2.58 bits per heavy atom. The quantitative estimate of drug-likeness (QED) is 0.290. The van der Waals surface area contributed by atoms with E-state index in [-0.39, 0.29) is 18.9 Å². The van der Waals surface area contributed by atoms with Crippen molar-refractivity contribution in [1.82, 2.24) is 20.2 Å². The number of nitrogens with two attached hydrogens (primary N) is 1. The van der Waals surface area contributed by atoms with Crippen molar-refractivity contribution in [3.63, 3.8) is 0 Å². The molecule has 0 amide bonds. The van der Waals surface area contributed by atoms with Crippen molar-refractivity contribution < 1.29 is 24.6 Å². The zero-order chi connectivity index (χ0) is 23.8. The maximum absolute atomic E-state index is 13.4. The zero-order valence-electron chi connectivity index (χ0n) is 18.4. The number of fused-ring (bicyclic) bond motifs is 1. The van der Waals surface area contributed by atoms with Crippen LogP contribution in [-0.2, 0) is 29.0 Å². The monoisotopic (exact) mass is 457 g/mol. The van der Waals surface area contributed by atoms with Crippen molar-refractivity contribution in [2.45, 2.75) is 63.2 Å². The fourth-order valence-corrected chi connectivity index (χ4v) is 4.04. The number of carbonyl (C=O) groups is 3. The molecule has 0 saturated heterocycles. The Balaban J connectivity index is 1.77. The summed E-state index contributed by atoms with van der Waals surface area (Å²) in [5.74, 6) is -2.35. The lowest BCUT2D eigenvalue weighted by Gasteiger charge is -2.25. The molecular formula is C23H31N5O5. The van der Waals surface area contributed by atoms with Gasteiger partial charge in [-0.2, -0.15) is 0 Å². The number of aromatic nitrogens is 2. The number of aliphatic carboxylic acids is 2. The van der Waals surface area contributed by atoms with Crippen LogP contribution in [0.5, 0.6) is 0 Å². The Kier molecular flexibility index (Phi) is 8.70. The van der Waals surface area contributed by atoms with E-state index in [1.54, 1.807) is 0 Å². The van der Waals surface area contributed by atoms with E-state index in [1.165, 1.54) is 10.9 Å². The second-order valence-electron chi connectivity index (χ2n) is 8.24. The maximum atomic E-state index is 13.4. The second kappa shape index (κ2) is 11.7. The van der Waals surface area contributed by atoms with Gasteiger partial charge in [0.05, 0.1) is 17.4 Å². The van der Waals surface area contributed by atoms with E-state index < -0.39 is 30.1 Å². The molecule has 33 heavy (non-hydrogen) atoms. The highest BCUT2D eigenvalue weighted by molar-refractivity contribution is 5.86. The highest BCUT2D eigenvalue weighted by atomic mass is 16.4. The number of nitrogens with zero attached hydrogens (tertiary/aromatic N) is 2. The first-order valence-corrected chi connectivity index (χ1v) is 11.2. The summed E-state index contributed by atoms with van der Waals surface area (Å²) in [6, 6.07) is 7.11. The van der Waals surface area contributed by atoms with Crippen LogP contribution in [-0.4, -0.2) is 62.3 Å². The van der Waals surface area contributed by atoms with E-state index in [4.69, 9.17) is 5.73 Å². The number of benzene rings is 1. The predicted octanol–water partition coefficient (Wildman–Crippen LogP) is 0.795. The number of unbranched alkanes of at least 4 members (excludes halogenated alkanes) is 1. The minimum Gasteiger partial charge on any atom is -0.480 e. The average molecular weight is 458 g/mol. The molecule has 1 aliphatic heterocycles. The van der Waals surface area contributed by atoms with Gasteiger partial charge in [-0.15, -0.1) is 0 Å². The molecule has 10 nitrogen and oxygen atoms in total. The van der Waals surface area contributed by atoms with Crippen molar-refractivity contribution in [2.75, 3.05) is 6.54 Å². The number of carbonyl (C=O) groups excluding carboxylic acids is 1. The third kappa shape index (κ3) is 6.47. The van der Waals surface area contributed by atoms with Gasteiger partial charge in [0.15, 0.2) is 0 Å². The summed E-state index contributed by atoms with van der Waals surface area (Å²) in [5, 5.41) is 25.1. The SMILES string of the molecule is NCCCC[C@H](N[C@@H](CCc1ccccc1)C(=O)O)C(=O)n1cnc2c1C[C@@H](C(=O)O)NC2. The molecular weight excluding hydrogens is 426 g/mol. The Morgan fingerprint density at radius 1 is 1.15 bits per heavy atom. The number of rotatable bonds is 12. The summed E-state index contributed by atoms with van der Waals surface area (Å²) >= 11 is 0. The van der Waals surface area contributed by atoms with E-state index in [2.05, 4.69) is 15.6 Å². The van der Waals surface area contributed by atoms with Gasteiger partial charge >= 0.3 is 11.9 Å². The molecule has 1 aromatic heterocycles. The standard InChI is InChI=1S/C23H31N5O5/c24-11-5-4-8-16(27-17(22(30)31)10-9-15-6-2-1-3-7-15)21(29)28-14-26-19-13-25-18(23(32)33)12-20(19)28/h1-3,6-7,14,16-18,25,27H,4-5,8-13,24H2,(H,30,31)(H,32,33)/t16-,17-,18-/m0/s1. The van der Waals surface area contributed by atoms with Crippen LogP contribution in [0.1, 0.15) is 47.4 Å². The van der Waals surface area contributed by atoms with Crippen LogP contribution < -0.4 is 16.4 Å². The van der Waals surface area contributed by atoms with E-state index in [9.17, 15) is 24.6 Å². The molecule has 2 aromatic rings. The highest BCUT2D eigenvalue weighted by Crippen LogP contribution is 2.18. The lowest BCUT2D eigenvalue weighted by molar-refractivity contribution is -0.140. The van der Waals surface area contributed by atoms with Crippen LogP contribution in [0.15, 0.2) is 36.7 Å². The molecule has 0 saturated carbocycles. The van der Waals surface area contributed by atoms with Gasteiger partial charge in [0.2, 0.25) is 5.91 Å². The normalized spacial score (nSPS) is 17.2. The van der Waals surface area contributed by atoms with Gasteiger partial charge in [-0.3, -0.25) is 29.6 Å². The minimum absolute atomic E-state index is 0.127. The maximum Gasteiger partial charge on any atom is 0.321 e. The first kappa shape index (κ1) is 24.6. The molecule has 1 aromatic carbocycles. The molecule has 0 bridgehead atoms. The van der Waals surface area contributed by atoms with E-state index in [0.29, 0.717) is 50.0 Å². The Hall–Kier alpha value is -3.08. The van der Waals surface area contributed by atoms with Gasteiger partial charge in [-0.1, -0.05) is 36.8 Å². The third-order valence-corrected chi connectivity index (χ3v) is 5.91. The van der Waals surface area contributed by atoms with E-state index >= 15 is 0 Å². The van der Waals surface area contributed by atoms with Crippen LogP contribution in [0.25, 0.3) is 0 Å². The number of hydrogen-bond donors (Lipinski definition) is 5. The molecule has 3 rings (SSSR count). The molecule has 0 aliphatic carbocycles. The molecule has 0 fully saturated rings. The first-order valence-electron chi connectivity index (χ1n) is 11.2. The summed E-state index contributed by atoms with van der Waals surface area (Å²) < 4.78 is 1.38. The fraction of sp³-hybridized carbons (Fsp3) is 0.478. The van der Waals surface area contributed by atoms with E-state index in [0.717, 1.165) is 5.56 Å². The minimum atomic E-state index is -1.02. The Labute approximate surface area is 192 Å². The topological polar surface area (TPSA) is 160 Å². The van der Waals surface area contributed by atoms with Gasteiger partial charge in [-0.25, -0.2) is 4.98 Å². The van der Waals surface area contributed by atoms with Crippen LogP contribution in [0.2, 0.25) is 0 Å². The van der Waals surface area contributed by atoms with Crippen molar-refractivity contribution >= 4 is 17.8 Å². The van der Waals surface area contributed by atoms with Gasteiger partial charge < -0.3 is 15.9 Å². The Bertz CT molecular complexity index is 961. The summed E-state index contributed by atoms with van der Waals surface area (Å²) in [4.78, 5) is 41.1. The number of imidazole rings is 1. The van der Waals surface area contributed by atoms with Crippen molar-refractivity contribution in [1.29, 1.82) is 0 Å². The lowest BCUT2D eigenvalue weighted by Crippen LogP contribution is -2.49. The van der Waals surface area contributed by atoms with Crippen molar-refractivity contribution in [2.24, 2.45) is 5.73 Å². The largest absolute Gasteiger partial charge is 0.480 e. The van der Waals surface area contributed by atoms with Gasteiger partial charge in [-0.05, 0) is 37.8 Å². The summed E-state index contributed by atoms with van der Waals surface area (Å²) in [6.45, 7) is 0.733. The molecule has 3 atom stereocenters. The third-order valence-electron chi connectivity index (χ3n) is 5.91. The fourth-order valence-electron chi connectivity index (χ4n) is 4.04. The molecule has 6 N–H and O–H groups in total. The molecule has 0 radical (unpaired) electrons. The van der Waals surface area contributed by atoms with Gasteiger partial charge in [0, 0.05) is 13.0 Å². The predicted molar refractivity (Wildman–Crippen MR) is 121 cm³/mol. The molecule has 1 aliphatic rings. The van der Waals surface area contributed by atoms with Crippen LogP contribution in [0.4, 0.5) is 0 Å². The first-order chi connectivity index (χ1) is 15.9. The Morgan fingerprint density at radius 2 is 1.91 bits per heavy atom. The highest BCUT2D eigenvalue weighted by Gasteiger charge is 2.32. The summed E-state index contributed by atoms with van der Waals surface area (Å²) in [7, 11) is 0. The summed E-state index contributed by atoms with van der Waals surface area (Å²) in [5.41, 5.74) is 7.80. The second-order valence-corrected chi connectivity index (χ2v) is 8.24. The van der Waals surface area contributed by atoms with E-state index in [1.807, 2.05) is 30.3 Å². The van der Waals surface area contributed by atoms with Gasteiger partial charge in [0.1, 0.15) is 18.4 Å². The number of carboxylic acids is 2. The van der Waals surface area contributed by atoms with Crippen molar-refractivity contribution in [3.8, 4) is 0 Å². The zero-order valence-corrected chi connectivity index (χ0v) is 18.4. The number of aryl methyl sites for hydroxylation is 1.